The van der Waals surface area contributed by atoms with E-state index < -0.39 is 30.6 Å². The summed E-state index contributed by atoms with van der Waals surface area (Å²) in [5, 5.41) is 23.0. The van der Waals surface area contributed by atoms with Gasteiger partial charge in [-0.3, -0.25) is 0 Å². The highest BCUT2D eigenvalue weighted by Gasteiger charge is 2.50. The fourth-order valence-corrected chi connectivity index (χ4v) is 6.69. The van der Waals surface area contributed by atoms with Crippen LogP contribution in [0.5, 0.6) is 11.5 Å². The number of rotatable bonds is 8. The predicted molar refractivity (Wildman–Crippen MR) is 165 cm³/mol. The van der Waals surface area contributed by atoms with Crippen molar-refractivity contribution < 1.29 is 29.3 Å². The van der Waals surface area contributed by atoms with Gasteiger partial charge < -0.3 is 19.7 Å². The molecule has 6 aromatic rings. The van der Waals surface area contributed by atoms with Gasteiger partial charge in [-0.2, -0.15) is 0 Å². The molecule has 0 aliphatic heterocycles. The maximum absolute atomic E-state index is 11.8. The molecule has 0 atom stereocenters. The average molecular weight is 567 g/mol. The minimum atomic E-state index is -1.09. The highest BCUT2D eigenvalue weighted by Crippen LogP contribution is 2.61. The monoisotopic (exact) mass is 566 g/mol. The van der Waals surface area contributed by atoms with E-state index in [0.29, 0.717) is 11.5 Å². The first-order chi connectivity index (χ1) is 21.0. The van der Waals surface area contributed by atoms with E-state index in [1.807, 2.05) is 97.1 Å². The van der Waals surface area contributed by atoms with Crippen LogP contribution in [0.15, 0.2) is 121 Å². The number of aliphatic carboxylic acids is 2. The van der Waals surface area contributed by atoms with Crippen LogP contribution >= 0.6 is 0 Å². The van der Waals surface area contributed by atoms with E-state index in [1.165, 1.54) is 0 Å². The molecule has 0 saturated heterocycles. The SMILES string of the molecule is O=C(O)COc1ccc2ccccc2c1C1(c2c(OCC(=O)O)ccc3ccccc23)c2ccccc2-c2ccccc21. The molecule has 0 unspecified atom stereocenters. The number of carboxylic acids is 2. The first kappa shape index (κ1) is 26.3. The number of carboxylic acid groups (broad SMARTS) is 2. The third-order valence-electron chi connectivity index (χ3n) is 8.19. The summed E-state index contributed by atoms with van der Waals surface area (Å²) in [6.07, 6.45) is 0. The van der Waals surface area contributed by atoms with E-state index in [0.717, 1.165) is 54.9 Å². The quantitative estimate of drug-likeness (QED) is 0.201. The molecule has 1 aliphatic rings. The predicted octanol–water partition coefficient (Wildman–Crippen LogP) is 7.28. The molecule has 7 rings (SSSR count). The fourth-order valence-electron chi connectivity index (χ4n) is 6.69. The average Bonchev–Trinajstić information content (AvgIpc) is 3.32. The van der Waals surface area contributed by atoms with E-state index in [4.69, 9.17) is 9.47 Å². The molecule has 0 spiro atoms. The fraction of sp³-hybridized carbons (Fsp3) is 0.0811. The second-order valence-corrected chi connectivity index (χ2v) is 10.5. The third-order valence-corrected chi connectivity index (χ3v) is 8.19. The van der Waals surface area contributed by atoms with Gasteiger partial charge in [0.05, 0.1) is 5.41 Å². The molecule has 43 heavy (non-hydrogen) atoms. The Morgan fingerprint density at radius 2 is 0.907 bits per heavy atom. The van der Waals surface area contributed by atoms with Gasteiger partial charge in [-0.05, 0) is 55.9 Å². The van der Waals surface area contributed by atoms with Crippen molar-refractivity contribution in [3.63, 3.8) is 0 Å². The molecule has 0 heterocycles. The van der Waals surface area contributed by atoms with Gasteiger partial charge in [0, 0.05) is 11.1 Å². The van der Waals surface area contributed by atoms with Crippen molar-refractivity contribution in [3.8, 4) is 22.6 Å². The molecule has 2 N–H and O–H groups in total. The maximum Gasteiger partial charge on any atom is 0.341 e. The molecule has 0 bridgehead atoms. The maximum atomic E-state index is 11.8. The van der Waals surface area contributed by atoms with Gasteiger partial charge in [0.25, 0.3) is 0 Å². The van der Waals surface area contributed by atoms with Crippen LogP contribution in [-0.4, -0.2) is 35.4 Å². The van der Waals surface area contributed by atoms with Gasteiger partial charge in [0.2, 0.25) is 0 Å². The normalized spacial score (nSPS) is 12.9. The van der Waals surface area contributed by atoms with E-state index in [2.05, 4.69) is 24.3 Å². The second kappa shape index (κ2) is 10.3. The number of ether oxygens (including phenoxy) is 2. The van der Waals surface area contributed by atoms with Crippen LogP contribution in [-0.2, 0) is 15.0 Å². The van der Waals surface area contributed by atoms with Gasteiger partial charge in [-0.1, -0.05) is 109 Å². The molecular weight excluding hydrogens is 540 g/mol. The second-order valence-electron chi connectivity index (χ2n) is 10.5. The Morgan fingerprint density at radius 1 is 0.512 bits per heavy atom. The molecule has 6 aromatic carbocycles. The lowest BCUT2D eigenvalue weighted by molar-refractivity contribution is -0.140. The Morgan fingerprint density at radius 3 is 1.35 bits per heavy atom. The van der Waals surface area contributed by atoms with Crippen molar-refractivity contribution in [2.75, 3.05) is 13.2 Å². The number of fused-ring (bicyclic) bond motifs is 5. The van der Waals surface area contributed by atoms with Crippen LogP contribution in [0.25, 0.3) is 32.7 Å². The van der Waals surface area contributed by atoms with Crippen molar-refractivity contribution in [1.82, 2.24) is 0 Å². The zero-order valence-corrected chi connectivity index (χ0v) is 23.0. The molecule has 0 saturated carbocycles. The molecule has 0 radical (unpaired) electrons. The number of hydrogen-bond acceptors (Lipinski definition) is 4. The van der Waals surface area contributed by atoms with Crippen molar-refractivity contribution in [2.45, 2.75) is 5.41 Å². The minimum absolute atomic E-state index is 0.421. The highest BCUT2D eigenvalue weighted by molar-refractivity contribution is 6.01. The minimum Gasteiger partial charge on any atom is -0.482 e. The number of hydrogen-bond donors (Lipinski definition) is 2. The molecule has 6 heteroatoms. The summed E-state index contributed by atoms with van der Waals surface area (Å²) in [6.45, 7) is -1.05. The lowest BCUT2D eigenvalue weighted by atomic mass is 9.64. The van der Waals surface area contributed by atoms with Crippen LogP contribution in [0.1, 0.15) is 22.3 Å². The summed E-state index contributed by atoms with van der Waals surface area (Å²) in [4.78, 5) is 23.6. The summed E-state index contributed by atoms with van der Waals surface area (Å²) in [7, 11) is 0. The Kier molecular flexibility index (Phi) is 6.32. The summed E-state index contributed by atoms with van der Waals surface area (Å²) >= 11 is 0. The zero-order chi connectivity index (χ0) is 29.6. The van der Waals surface area contributed by atoms with Crippen LogP contribution in [0.3, 0.4) is 0 Å². The van der Waals surface area contributed by atoms with E-state index >= 15 is 0 Å². The molecule has 0 fully saturated rings. The van der Waals surface area contributed by atoms with E-state index in [9.17, 15) is 19.8 Å². The van der Waals surface area contributed by atoms with Crippen molar-refractivity contribution in [1.29, 1.82) is 0 Å². The Bertz CT molecular complexity index is 1910. The largest absolute Gasteiger partial charge is 0.482 e. The number of carbonyl (C=O) groups is 2. The van der Waals surface area contributed by atoms with Crippen LogP contribution in [0, 0.1) is 0 Å². The lowest BCUT2D eigenvalue weighted by Crippen LogP contribution is -2.31. The molecule has 0 amide bonds. The van der Waals surface area contributed by atoms with Gasteiger partial charge in [-0.25, -0.2) is 9.59 Å². The topological polar surface area (TPSA) is 93.1 Å². The number of benzene rings is 6. The van der Waals surface area contributed by atoms with Crippen molar-refractivity contribution in [3.05, 3.63) is 144 Å². The van der Waals surface area contributed by atoms with E-state index in [-0.39, 0.29) is 0 Å². The Labute approximate surface area is 247 Å². The molecule has 6 nitrogen and oxygen atoms in total. The molecular formula is C37H26O6. The third kappa shape index (κ3) is 4.10. The van der Waals surface area contributed by atoms with Crippen LogP contribution in [0.2, 0.25) is 0 Å². The standard InChI is InChI=1S/C37H26O6/c38-33(39)21-42-31-19-17-23-9-1-3-11-25(23)35(31)37(29-15-7-5-13-27(29)28-14-6-8-16-30(28)37)36-26-12-4-2-10-24(26)18-20-32(36)43-22-34(40)41/h1-20H,21-22H2,(H,38,39)(H,40,41). The summed E-state index contributed by atoms with van der Waals surface area (Å²) < 4.78 is 12.2. The van der Waals surface area contributed by atoms with E-state index in [1.54, 1.807) is 0 Å². The molecule has 0 aromatic heterocycles. The molecule has 210 valence electrons. The zero-order valence-electron chi connectivity index (χ0n) is 23.0. The van der Waals surface area contributed by atoms with Gasteiger partial charge >= 0.3 is 11.9 Å². The highest BCUT2D eigenvalue weighted by atomic mass is 16.5. The summed E-state index contributed by atoms with van der Waals surface area (Å²) in [5.41, 5.74) is 4.42. The van der Waals surface area contributed by atoms with Gasteiger partial charge in [-0.15, -0.1) is 0 Å². The van der Waals surface area contributed by atoms with Gasteiger partial charge in [0.15, 0.2) is 13.2 Å². The summed E-state index contributed by atoms with van der Waals surface area (Å²) in [5.74, 6) is -1.33. The molecule has 1 aliphatic carbocycles. The Hall–Kier alpha value is -5.62. The smallest absolute Gasteiger partial charge is 0.341 e. The Balaban J connectivity index is 1.74. The first-order valence-corrected chi connectivity index (χ1v) is 13.9. The van der Waals surface area contributed by atoms with Crippen LogP contribution in [0.4, 0.5) is 0 Å². The summed E-state index contributed by atoms with van der Waals surface area (Å²) in [6, 6.07) is 39.8. The van der Waals surface area contributed by atoms with Gasteiger partial charge in [0.1, 0.15) is 11.5 Å². The van der Waals surface area contributed by atoms with Crippen molar-refractivity contribution in [2.24, 2.45) is 0 Å². The van der Waals surface area contributed by atoms with Crippen molar-refractivity contribution >= 4 is 33.5 Å². The van der Waals surface area contributed by atoms with Crippen LogP contribution < -0.4 is 9.47 Å². The lowest BCUT2D eigenvalue weighted by Gasteiger charge is -2.37. The first-order valence-electron chi connectivity index (χ1n) is 13.9.